The minimum Gasteiger partial charge on any atom is -0.310 e. The molecule has 2 atom stereocenters. The fourth-order valence-corrected chi connectivity index (χ4v) is 5.46. The number of H-pyrrole nitrogens is 1. The Labute approximate surface area is 127 Å². The molecular formula is C14H21N3OS2. The van der Waals surface area contributed by atoms with E-state index in [1.54, 1.807) is 6.07 Å². The highest BCUT2D eigenvalue weighted by atomic mass is 32.2. The Hall–Kier alpha value is -0.460. The van der Waals surface area contributed by atoms with Crippen LogP contribution >= 0.6 is 23.5 Å². The highest BCUT2D eigenvalue weighted by Gasteiger charge is 2.28. The molecule has 0 bridgehead atoms. The van der Waals surface area contributed by atoms with Crippen LogP contribution in [-0.2, 0) is 6.54 Å². The van der Waals surface area contributed by atoms with Crippen LogP contribution in [0.4, 0.5) is 0 Å². The van der Waals surface area contributed by atoms with Crippen LogP contribution in [0.3, 0.4) is 0 Å². The topological polar surface area (TPSA) is 57.8 Å². The van der Waals surface area contributed by atoms with E-state index in [4.69, 9.17) is 4.98 Å². The zero-order valence-electron chi connectivity index (χ0n) is 11.7. The third-order valence-corrected chi connectivity index (χ3v) is 6.94. The standard InChI is InChI=1S/C14H21N3OS2/c1-2-11-13(20-6-5-19-11)14-16-10(7-12(18)17-14)8-15-9-3-4-9/h7,9,11,13,15H,2-6,8H2,1H3,(H,16,17,18). The van der Waals surface area contributed by atoms with Crippen LogP contribution in [0.2, 0.25) is 0 Å². The van der Waals surface area contributed by atoms with Crippen molar-refractivity contribution in [2.45, 2.75) is 49.3 Å². The fourth-order valence-electron chi connectivity index (χ4n) is 2.45. The van der Waals surface area contributed by atoms with Gasteiger partial charge in [-0.25, -0.2) is 4.98 Å². The Balaban J connectivity index is 1.78. The summed E-state index contributed by atoms with van der Waals surface area (Å²) in [6.07, 6.45) is 3.63. The molecule has 2 N–H and O–H groups in total. The normalized spacial score (nSPS) is 26.6. The van der Waals surface area contributed by atoms with E-state index in [0.29, 0.717) is 23.1 Å². The Bertz CT molecular complexity index is 515. The third-order valence-electron chi connectivity index (χ3n) is 3.68. The summed E-state index contributed by atoms with van der Waals surface area (Å²) in [5, 5.41) is 4.31. The van der Waals surface area contributed by atoms with Gasteiger partial charge in [-0.1, -0.05) is 6.92 Å². The smallest absolute Gasteiger partial charge is 0.251 e. The molecule has 0 aromatic carbocycles. The lowest BCUT2D eigenvalue weighted by atomic mass is 10.2. The van der Waals surface area contributed by atoms with Crippen molar-refractivity contribution < 1.29 is 0 Å². The van der Waals surface area contributed by atoms with Gasteiger partial charge >= 0.3 is 0 Å². The molecule has 2 heterocycles. The SMILES string of the molecule is CCC1SCCSC1c1nc(CNC2CC2)cc(=O)[nH]1. The molecule has 0 amide bonds. The average molecular weight is 311 g/mol. The second-order valence-electron chi connectivity index (χ2n) is 5.39. The molecule has 1 saturated heterocycles. The number of hydrogen-bond acceptors (Lipinski definition) is 5. The first-order valence-electron chi connectivity index (χ1n) is 7.33. The van der Waals surface area contributed by atoms with Crippen LogP contribution < -0.4 is 10.9 Å². The number of nitrogens with one attached hydrogen (secondary N) is 2. The number of hydrogen-bond donors (Lipinski definition) is 2. The monoisotopic (exact) mass is 311 g/mol. The number of aromatic nitrogens is 2. The number of aromatic amines is 1. The van der Waals surface area contributed by atoms with Crippen LogP contribution in [0.15, 0.2) is 10.9 Å². The van der Waals surface area contributed by atoms with Crippen LogP contribution in [0, 0.1) is 0 Å². The predicted octanol–water partition coefficient (Wildman–Crippen LogP) is 2.32. The van der Waals surface area contributed by atoms with Gasteiger partial charge in [0, 0.05) is 35.4 Å². The Morgan fingerprint density at radius 1 is 1.40 bits per heavy atom. The first-order valence-corrected chi connectivity index (χ1v) is 9.42. The van der Waals surface area contributed by atoms with Gasteiger partial charge in [0.15, 0.2) is 0 Å². The molecule has 2 fully saturated rings. The molecule has 4 nitrogen and oxygen atoms in total. The van der Waals surface area contributed by atoms with E-state index in [0.717, 1.165) is 23.7 Å². The van der Waals surface area contributed by atoms with Crippen molar-refractivity contribution in [3.63, 3.8) is 0 Å². The van der Waals surface area contributed by atoms with Crippen LogP contribution in [0.25, 0.3) is 0 Å². The average Bonchev–Trinajstić information content (AvgIpc) is 3.29. The minimum absolute atomic E-state index is 0.0198. The first kappa shape index (κ1) is 14.5. The predicted molar refractivity (Wildman–Crippen MR) is 86.5 cm³/mol. The molecule has 1 aromatic heterocycles. The first-order chi connectivity index (χ1) is 9.76. The van der Waals surface area contributed by atoms with Crippen molar-refractivity contribution in [2.75, 3.05) is 11.5 Å². The molecular weight excluding hydrogens is 290 g/mol. The molecule has 6 heteroatoms. The fraction of sp³-hybridized carbons (Fsp3) is 0.714. The van der Waals surface area contributed by atoms with Crippen molar-refractivity contribution in [2.24, 2.45) is 0 Å². The zero-order valence-corrected chi connectivity index (χ0v) is 13.4. The maximum absolute atomic E-state index is 11.9. The molecule has 1 aliphatic heterocycles. The Kier molecular flexibility index (Phi) is 4.73. The van der Waals surface area contributed by atoms with Gasteiger partial charge in [-0.05, 0) is 19.3 Å². The van der Waals surface area contributed by atoms with Gasteiger partial charge in [0.05, 0.1) is 10.9 Å². The maximum Gasteiger partial charge on any atom is 0.251 e. The van der Waals surface area contributed by atoms with E-state index in [1.807, 2.05) is 23.5 Å². The molecule has 2 unspecified atom stereocenters. The summed E-state index contributed by atoms with van der Waals surface area (Å²) in [5.41, 5.74) is 0.857. The van der Waals surface area contributed by atoms with Gasteiger partial charge in [-0.3, -0.25) is 4.79 Å². The maximum atomic E-state index is 11.9. The van der Waals surface area contributed by atoms with Crippen LogP contribution in [0.5, 0.6) is 0 Å². The van der Waals surface area contributed by atoms with Gasteiger partial charge in [0.25, 0.3) is 5.56 Å². The summed E-state index contributed by atoms with van der Waals surface area (Å²) in [7, 11) is 0. The van der Waals surface area contributed by atoms with Gasteiger partial charge in [-0.15, -0.1) is 11.8 Å². The van der Waals surface area contributed by atoms with Gasteiger partial charge in [-0.2, -0.15) is 11.8 Å². The van der Waals surface area contributed by atoms with Crippen molar-refractivity contribution in [3.8, 4) is 0 Å². The molecule has 1 aromatic rings. The minimum atomic E-state index is -0.0198. The second kappa shape index (κ2) is 6.54. The number of thioether (sulfide) groups is 2. The van der Waals surface area contributed by atoms with Gasteiger partial charge in [0.2, 0.25) is 0 Å². The lowest BCUT2D eigenvalue weighted by Crippen LogP contribution is -2.25. The Morgan fingerprint density at radius 2 is 2.20 bits per heavy atom. The largest absolute Gasteiger partial charge is 0.310 e. The van der Waals surface area contributed by atoms with E-state index in [1.165, 1.54) is 18.6 Å². The quantitative estimate of drug-likeness (QED) is 0.874. The molecule has 20 heavy (non-hydrogen) atoms. The summed E-state index contributed by atoms with van der Waals surface area (Å²) in [4.78, 5) is 19.5. The summed E-state index contributed by atoms with van der Waals surface area (Å²) >= 11 is 3.94. The number of rotatable bonds is 5. The molecule has 2 aliphatic rings. The lowest BCUT2D eigenvalue weighted by molar-refractivity contribution is 0.659. The highest BCUT2D eigenvalue weighted by Crippen LogP contribution is 2.42. The van der Waals surface area contributed by atoms with E-state index < -0.39 is 0 Å². The summed E-state index contributed by atoms with van der Waals surface area (Å²) in [5.74, 6) is 3.21. The highest BCUT2D eigenvalue weighted by molar-refractivity contribution is 8.06. The summed E-state index contributed by atoms with van der Waals surface area (Å²) in [6, 6.07) is 2.27. The third kappa shape index (κ3) is 3.59. The molecule has 1 saturated carbocycles. The van der Waals surface area contributed by atoms with Gasteiger partial charge < -0.3 is 10.3 Å². The summed E-state index contributed by atoms with van der Waals surface area (Å²) < 4.78 is 0. The van der Waals surface area contributed by atoms with Crippen molar-refractivity contribution in [1.29, 1.82) is 0 Å². The molecule has 0 spiro atoms. The van der Waals surface area contributed by atoms with Crippen LogP contribution in [0.1, 0.15) is 43.0 Å². The molecule has 3 rings (SSSR count). The van der Waals surface area contributed by atoms with Gasteiger partial charge in [0.1, 0.15) is 5.82 Å². The molecule has 1 aliphatic carbocycles. The van der Waals surface area contributed by atoms with Crippen LogP contribution in [-0.4, -0.2) is 32.8 Å². The lowest BCUT2D eigenvalue weighted by Gasteiger charge is -2.29. The van der Waals surface area contributed by atoms with Crippen molar-refractivity contribution >= 4 is 23.5 Å². The second-order valence-corrected chi connectivity index (χ2v) is 7.98. The zero-order chi connectivity index (χ0) is 13.9. The van der Waals surface area contributed by atoms with E-state index >= 15 is 0 Å². The van der Waals surface area contributed by atoms with E-state index in [2.05, 4.69) is 17.2 Å². The summed E-state index contributed by atoms with van der Waals surface area (Å²) in [6.45, 7) is 2.93. The Morgan fingerprint density at radius 3 is 2.95 bits per heavy atom. The molecule has 0 radical (unpaired) electrons. The van der Waals surface area contributed by atoms with Crippen molar-refractivity contribution in [1.82, 2.24) is 15.3 Å². The van der Waals surface area contributed by atoms with Crippen molar-refractivity contribution in [3.05, 3.63) is 27.9 Å². The van der Waals surface area contributed by atoms with E-state index in [-0.39, 0.29) is 5.56 Å². The molecule has 110 valence electrons. The van der Waals surface area contributed by atoms with E-state index in [9.17, 15) is 4.79 Å². The number of nitrogens with zero attached hydrogens (tertiary/aromatic N) is 1.